The van der Waals surface area contributed by atoms with Gasteiger partial charge < -0.3 is 20.1 Å². The Kier molecular flexibility index (Phi) is 4.56. The van der Waals surface area contributed by atoms with Crippen LogP contribution in [0.3, 0.4) is 0 Å². The first kappa shape index (κ1) is 18.8. The zero-order valence-corrected chi connectivity index (χ0v) is 16.6. The second kappa shape index (κ2) is 7.26. The highest BCUT2D eigenvalue weighted by Gasteiger charge is 2.46. The fraction of sp³-hybridized carbons (Fsp3) is 0.250. The molecule has 154 valence electrons. The van der Waals surface area contributed by atoms with Gasteiger partial charge in [-0.15, -0.1) is 0 Å². The molecule has 0 spiro atoms. The summed E-state index contributed by atoms with van der Waals surface area (Å²) in [5.74, 6) is 0.270. The van der Waals surface area contributed by atoms with Crippen molar-refractivity contribution in [3.05, 3.63) is 47.5 Å². The third kappa shape index (κ3) is 2.98. The summed E-state index contributed by atoms with van der Waals surface area (Å²) in [6, 6.07) is 7.99. The standard InChI is InChI=1S/C20H17ClFN5O3/c1-29-16-6-13-10(5-14(16)27-15-7-23-8-17(15)30-20(27)28)19(25-9-24-13)26-12-4-2-3-11(21)18(12)22/h2-6,9,15,17,23H,7-8H2,1H3,(H,24,25,26). The fourth-order valence-electron chi connectivity index (χ4n) is 3.87. The predicted molar refractivity (Wildman–Crippen MR) is 110 cm³/mol. The number of ether oxygens (including phenoxy) is 2. The van der Waals surface area contributed by atoms with Crippen molar-refractivity contribution in [1.82, 2.24) is 15.3 Å². The van der Waals surface area contributed by atoms with Gasteiger partial charge in [-0.1, -0.05) is 17.7 Å². The van der Waals surface area contributed by atoms with Gasteiger partial charge in [0.1, 0.15) is 24.0 Å². The molecule has 2 N–H and O–H groups in total. The molecule has 1 aromatic heterocycles. The monoisotopic (exact) mass is 429 g/mol. The van der Waals surface area contributed by atoms with E-state index in [4.69, 9.17) is 21.1 Å². The molecule has 2 aliphatic heterocycles. The molecule has 1 amide bonds. The Morgan fingerprint density at radius 2 is 2.20 bits per heavy atom. The van der Waals surface area contributed by atoms with Gasteiger partial charge in [0, 0.05) is 24.5 Å². The Morgan fingerprint density at radius 1 is 1.33 bits per heavy atom. The molecule has 30 heavy (non-hydrogen) atoms. The summed E-state index contributed by atoms with van der Waals surface area (Å²) in [5.41, 5.74) is 1.29. The van der Waals surface area contributed by atoms with Crippen LogP contribution in [-0.2, 0) is 4.74 Å². The molecule has 0 aliphatic carbocycles. The average Bonchev–Trinajstić information content (AvgIpc) is 3.31. The van der Waals surface area contributed by atoms with Crippen LogP contribution in [0.15, 0.2) is 36.7 Å². The fourth-order valence-corrected chi connectivity index (χ4v) is 4.04. The molecule has 10 heteroatoms. The van der Waals surface area contributed by atoms with Gasteiger partial charge in [0.25, 0.3) is 0 Å². The normalized spacial score (nSPS) is 20.4. The lowest BCUT2D eigenvalue weighted by atomic mass is 10.1. The van der Waals surface area contributed by atoms with Crippen LogP contribution in [0, 0.1) is 5.82 Å². The minimum Gasteiger partial charge on any atom is -0.494 e. The molecule has 2 aliphatic rings. The smallest absolute Gasteiger partial charge is 0.415 e. The van der Waals surface area contributed by atoms with E-state index in [9.17, 15) is 9.18 Å². The first-order chi connectivity index (χ1) is 14.6. The van der Waals surface area contributed by atoms with Gasteiger partial charge in [0.15, 0.2) is 5.82 Å². The summed E-state index contributed by atoms with van der Waals surface area (Å²) in [6.07, 6.45) is 0.715. The second-order valence-corrected chi connectivity index (χ2v) is 7.41. The molecule has 5 rings (SSSR count). The molecule has 0 radical (unpaired) electrons. The van der Waals surface area contributed by atoms with E-state index in [1.54, 1.807) is 29.2 Å². The minimum atomic E-state index is -0.581. The Labute approximate surface area is 176 Å². The predicted octanol–water partition coefficient (Wildman–Crippen LogP) is 3.47. The van der Waals surface area contributed by atoms with Crippen LogP contribution in [0.2, 0.25) is 5.02 Å². The largest absolute Gasteiger partial charge is 0.494 e. The van der Waals surface area contributed by atoms with Crippen molar-refractivity contribution < 1.29 is 18.7 Å². The topological polar surface area (TPSA) is 88.6 Å². The maximum Gasteiger partial charge on any atom is 0.415 e. The van der Waals surface area contributed by atoms with Gasteiger partial charge in [-0.05, 0) is 18.2 Å². The molecule has 8 nitrogen and oxygen atoms in total. The molecule has 3 aromatic rings. The summed E-state index contributed by atoms with van der Waals surface area (Å²) in [6.45, 7) is 1.22. The lowest BCUT2D eigenvalue weighted by Gasteiger charge is -2.23. The highest BCUT2D eigenvalue weighted by molar-refractivity contribution is 6.31. The number of nitrogens with zero attached hydrogens (tertiary/aromatic N) is 3. The lowest BCUT2D eigenvalue weighted by Crippen LogP contribution is -2.37. The number of rotatable bonds is 4. The van der Waals surface area contributed by atoms with E-state index in [2.05, 4.69) is 20.6 Å². The molecule has 2 atom stereocenters. The zero-order valence-electron chi connectivity index (χ0n) is 15.9. The quantitative estimate of drug-likeness (QED) is 0.656. The Bertz CT molecular complexity index is 1160. The molecule has 2 aromatic carbocycles. The minimum absolute atomic E-state index is 0.000285. The summed E-state index contributed by atoms with van der Waals surface area (Å²) in [5, 5.41) is 6.79. The molecule has 2 fully saturated rings. The van der Waals surface area contributed by atoms with E-state index >= 15 is 0 Å². The number of methoxy groups -OCH3 is 1. The number of aromatic nitrogens is 2. The highest BCUT2D eigenvalue weighted by atomic mass is 35.5. The number of carbonyl (C=O) groups excluding carboxylic acids is 1. The van der Waals surface area contributed by atoms with Crippen molar-refractivity contribution in [3.63, 3.8) is 0 Å². The molecule has 2 saturated heterocycles. The Balaban J connectivity index is 1.63. The van der Waals surface area contributed by atoms with Crippen LogP contribution in [0.5, 0.6) is 5.75 Å². The second-order valence-electron chi connectivity index (χ2n) is 7.01. The van der Waals surface area contributed by atoms with Crippen LogP contribution in [-0.4, -0.2) is 48.4 Å². The van der Waals surface area contributed by atoms with E-state index in [1.165, 1.54) is 19.5 Å². The van der Waals surface area contributed by atoms with E-state index in [0.29, 0.717) is 41.2 Å². The van der Waals surface area contributed by atoms with Gasteiger partial charge in [0.05, 0.1) is 35.1 Å². The van der Waals surface area contributed by atoms with E-state index in [0.717, 1.165) is 0 Å². The number of hydrogen-bond donors (Lipinski definition) is 2. The van der Waals surface area contributed by atoms with Crippen LogP contribution in [0.4, 0.5) is 26.4 Å². The van der Waals surface area contributed by atoms with Gasteiger partial charge in [-0.3, -0.25) is 4.90 Å². The SMILES string of the molecule is COc1cc2ncnc(Nc3cccc(Cl)c3F)c2cc1N1C(=O)OC2CNCC21. The number of halogens is 2. The first-order valence-electron chi connectivity index (χ1n) is 9.31. The maximum atomic E-state index is 14.4. The Morgan fingerprint density at radius 3 is 3.03 bits per heavy atom. The number of benzene rings is 2. The maximum absolute atomic E-state index is 14.4. The van der Waals surface area contributed by atoms with Gasteiger partial charge in [-0.25, -0.2) is 19.2 Å². The van der Waals surface area contributed by atoms with E-state index < -0.39 is 11.9 Å². The van der Waals surface area contributed by atoms with Crippen molar-refractivity contribution in [2.24, 2.45) is 0 Å². The molecule has 2 unspecified atom stereocenters. The summed E-state index contributed by atoms with van der Waals surface area (Å²) >= 11 is 5.89. The highest BCUT2D eigenvalue weighted by Crippen LogP contribution is 2.40. The van der Waals surface area contributed by atoms with E-state index in [1.807, 2.05) is 0 Å². The molecular weight excluding hydrogens is 413 g/mol. The van der Waals surface area contributed by atoms with Gasteiger partial charge in [-0.2, -0.15) is 0 Å². The van der Waals surface area contributed by atoms with Crippen LogP contribution in [0.1, 0.15) is 0 Å². The molecular formula is C20H17ClFN5O3. The van der Waals surface area contributed by atoms with Crippen molar-refractivity contribution in [1.29, 1.82) is 0 Å². The third-order valence-electron chi connectivity index (χ3n) is 5.31. The van der Waals surface area contributed by atoms with Gasteiger partial charge >= 0.3 is 6.09 Å². The van der Waals surface area contributed by atoms with E-state index in [-0.39, 0.29) is 22.9 Å². The first-order valence-corrected chi connectivity index (χ1v) is 9.69. The average molecular weight is 430 g/mol. The van der Waals surface area contributed by atoms with Crippen molar-refractivity contribution in [2.75, 3.05) is 30.4 Å². The number of fused-ring (bicyclic) bond motifs is 2. The van der Waals surface area contributed by atoms with Crippen molar-refractivity contribution in [2.45, 2.75) is 12.1 Å². The number of anilines is 3. The Hall–Kier alpha value is -3.17. The molecule has 0 bridgehead atoms. The van der Waals surface area contributed by atoms with Crippen LogP contribution < -0.4 is 20.3 Å². The van der Waals surface area contributed by atoms with Crippen LogP contribution in [0.25, 0.3) is 10.9 Å². The van der Waals surface area contributed by atoms with Gasteiger partial charge in [0.2, 0.25) is 0 Å². The third-order valence-corrected chi connectivity index (χ3v) is 5.60. The zero-order chi connectivity index (χ0) is 20.8. The summed E-state index contributed by atoms with van der Waals surface area (Å²) in [7, 11) is 1.53. The summed E-state index contributed by atoms with van der Waals surface area (Å²) in [4.78, 5) is 22.7. The van der Waals surface area contributed by atoms with Crippen LogP contribution >= 0.6 is 11.6 Å². The number of hydrogen-bond acceptors (Lipinski definition) is 7. The lowest BCUT2D eigenvalue weighted by molar-refractivity contribution is 0.143. The van der Waals surface area contributed by atoms with Crippen molar-refractivity contribution >= 4 is 45.8 Å². The summed E-state index contributed by atoms with van der Waals surface area (Å²) < 4.78 is 25.4. The number of amides is 1. The number of carbonyl (C=O) groups is 1. The number of nitrogens with one attached hydrogen (secondary N) is 2. The van der Waals surface area contributed by atoms with Crippen molar-refractivity contribution in [3.8, 4) is 5.75 Å². The molecule has 3 heterocycles. The molecule has 0 saturated carbocycles.